The molecule has 19 heavy (non-hydrogen) atoms. The van der Waals surface area contributed by atoms with Crippen LogP contribution in [0.4, 0.5) is 0 Å². The monoisotopic (exact) mass is 258 g/mol. The zero-order chi connectivity index (χ0) is 13.2. The van der Waals surface area contributed by atoms with Gasteiger partial charge in [0.15, 0.2) is 0 Å². The van der Waals surface area contributed by atoms with Crippen molar-refractivity contribution >= 4 is 5.91 Å². The van der Waals surface area contributed by atoms with E-state index in [1.165, 1.54) is 36.0 Å². The molecule has 1 aliphatic heterocycles. The maximum atomic E-state index is 12.2. The lowest BCUT2D eigenvalue weighted by molar-refractivity contribution is -0.132. The quantitative estimate of drug-likeness (QED) is 0.898. The smallest absolute Gasteiger partial charge is 0.239 e. The van der Waals surface area contributed by atoms with Crippen molar-refractivity contribution in [3.05, 3.63) is 34.9 Å². The Hall–Kier alpha value is -1.35. The van der Waals surface area contributed by atoms with Crippen LogP contribution in [0, 0.1) is 0 Å². The third-order valence-corrected chi connectivity index (χ3v) is 4.32. The fourth-order valence-corrected chi connectivity index (χ4v) is 3.24. The molecule has 1 fully saturated rings. The first-order chi connectivity index (χ1) is 9.24. The van der Waals surface area contributed by atoms with Crippen molar-refractivity contribution in [2.45, 2.75) is 44.7 Å². The number of amides is 1. The van der Waals surface area contributed by atoms with Gasteiger partial charge >= 0.3 is 0 Å². The molecule has 1 saturated heterocycles. The highest BCUT2D eigenvalue weighted by molar-refractivity contribution is 5.81. The minimum Gasteiger partial charge on any atom is -0.340 e. The van der Waals surface area contributed by atoms with Gasteiger partial charge in [0.05, 0.1) is 6.04 Å². The van der Waals surface area contributed by atoms with Crippen LogP contribution in [-0.4, -0.2) is 30.4 Å². The number of aryl methyl sites for hydroxylation is 2. The molecule has 1 heterocycles. The minimum absolute atomic E-state index is 0.0411. The number of carbonyl (C=O) groups is 1. The van der Waals surface area contributed by atoms with Crippen LogP contribution in [-0.2, 0) is 24.2 Å². The second kappa shape index (κ2) is 5.33. The summed E-state index contributed by atoms with van der Waals surface area (Å²) in [7, 11) is 1.91. The molecule has 1 N–H and O–H groups in total. The Kier molecular flexibility index (Phi) is 3.56. The summed E-state index contributed by atoms with van der Waals surface area (Å²) in [4.78, 5) is 14.1. The van der Waals surface area contributed by atoms with E-state index in [0.29, 0.717) is 0 Å². The molecular weight excluding hydrogens is 236 g/mol. The number of hydrogen-bond acceptors (Lipinski definition) is 2. The highest BCUT2D eigenvalue weighted by Gasteiger charge is 2.25. The number of nitrogens with zero attached hydrogens (tertiary/aromatic N) is 1. The molecule has 3 nitrogen and oxygen atoms in total. The van der Waals surface area contributed by atoms with Crippen LogP contribution in [0.3, 0.4) is 0 Å². The summed E-state index contributed by atoms with van der Waals surface area (Å²) in [5.74, 6) is 0.234. The average Bonchev–Trinajstić information content (AvgIpc) is 3.08. The first-order valence-electron chi connectivity index (χ1n) is 7.33. The predicted octanol–water partition coefficient (Wildman–Crippen LogP) is 1.89. The van der Waals surface area contributed by atoms with Gasteiger partial charge in [-0.2, -0.15) is 0 Å². The molecule has 0 saturated carbocycles. The van der Waals surface area contributed by atoms with Crippen LogP contribution in [0.5, 0.6) is 0 Å². The van der Waals surface area contributed by atoms with Crippen LogP contribution < -0.4 is 5.32 Å². The molecule has 1 amide bonds. The number of rotatable bonds is 3. The molecule has 0 spiro atoms. The molecule has 2 aliphatic rings. The van der Waals surface area contributed by atoms with Crippen molar-refractivity contribution in [1.82, 2.24) is 10.2 Å². The maximum Gasteiger partial charge on any atom is 0.239 e. The molecule has 1 aliphatic carbocycles. The Morgan fingerprint density at radius 1 is 1.32 bits per heavy atom. The molecule has 1 unspecified atom stereocenters. The molecule has 1 atom stereocenters. The van der Waals surface area contributed by atoms with E-state index in [9.17, 15) is 4.79 Å². The zero-order valence-electron chi connectivity index (χ0n) is 11.6. The highest BCUT2D eigenvalue weighted by atomic mass is 16.2. The van der Waals surface area contributed by atoms with Gasteiger partial charge in [-0.05, 0) is 55.3 Å². The van der Waals surface area contributed by atoms with Gasteiger partial charge in [-0.1, -0.05) is 18.2 Å². The van der Waals surface area contributed by atoms with Crippen LogP contribution in [0.25, 0.3) is 0 Å². The summed E-state index contributed by atoms with van der Waals surface area (Å²) in [6.45, 7) is 1.70. The lowest BCUT2D eigenvalue weighted by Gasteiger charge is -2.21. The third kappa shape index (κ3) is 2.66. The number of nitrogens with one attached hydrogen (secondary N) is 1. The number of likely N-dealkylation sites (N-methyl/N-ethyl adjacent to an activating group) is 1. The minimum atomic E-state index is 0.0411. The van der Waals surface area contributed by atoms with Crippen molar-refractivity contribution in [2.75, 3.05) is 13.6 Å². The van der Waals surface area contributed by atoms with E-state index in [2.05, 4.69) is 23.5 Å². The summed E-state index contributed by atoms with van der Waals surface area (Å²) in [5.41, 5.74) is 4.24. The topological polar surface area (TPSA) is 32.3 Å². The highest BCUT2D eigenvalue weighted by Crippen LogP contribution is 2.23. The normalized spacial score (nSPS) is 21.4. The number of hydrogen-bond donors (Lipinski definition) is 1. The van der Waals surface area contributed by atoms with E-state index >= 15 is 0 Å². The van der Waals surface area contributed by atoms with Gasteiger partial charge in [-0.3, -0.25) is 4.79 Å². The molecule has 0 radical (unpaired) electrons. The van der Waals surface area contributed by atoms with Crippen molar-refractivity contribution in [3.8, 4) is 0 Å². The fourth-order valence-electron chi connectivity index (χ4n) is 3.24. The van der Waals surface area contributed by atoms with Crippen molar-refractivity contribution in [2.24, 2.45) is 0 Å². The van der Waals surface area contributed by atoms with Gasteiger partial charge in [-0.15, -0.1) is 0 Å². The van der Waals surface area contributed by atoms with E-state index in [1.54, 1.807) is 0 Å². The standard InChI is InChI=1S/C16H22N2O/c1-18(16(19)15-6-3-9-17-15)11-12-7-8-13-4-2-5-14(13)10-12/h7-8,10,15,17H,2-6,9,11H2,1H3. The van der Waals surface area contributed by atoms with Crippen LogP contribution >= 0.6 is 0 Å². The predicted molar refractivity (Wildman–Crippen MR) is 76.0 cm³/mol. The van der Waals surface area contributed by atoms with Gasteiger partial charge in [0.25, 0.3) is 0 Å². The Morgan fingerprint density at radius 2 is 2.16 bits per heavy atom. The van der Waals surface area contributed by atoms with Crippen LogP contribution in [0.15, 0.2) is 18.2 Å². The molecule has 3 rings (SSSR count). The number of fused-ring (bicyclic) bond motifs is 1. The van der Waals surface area contributed by atoms with Gasteiger partial charge < -0.3 is 10.2 Å². The summed E-state index contributed by atoms with van der Waals surface area (Å²) in [6.07, 6.45) is 5.79. The Labute approximate surface area is 115 Å². The molecule has 1 aromatic rings. The number of benzene rings is 1. The van der Waals surface area contributed by atoms with E-state index in [0.717, 1.165) is 25.9 Å². The average molecular weight is 258 g/mol. The second-order valence-electron chi connectivity index (χ2n) is 5.80. The van der Waals surface area contributed by atoms with E-state index in [1.807, 2.05) is 11.9 Å². The molecular formula is C16H22N2O. The largest absolute Gasteiger partial charge is 0.340 e. The zero-order valence-corrected chi connectivity index (χ0v) is 11.6. The Balaban J connectivity index is 1.65. The van der Waals surface area contributed by atoms with E-state index in [4.69, 9.17) is 0 Å². The number of carbonyl (C=O) groups excluding carboxylic acids is 1. The Bertz CT molecular complexity index is 478. The third-order valence-electron chi connectivity index (χ3n) is 4.32. The van der Waals surface area contributed by atoms with E-state index < -0.39 is 0 Å². The maximum absolute atomic E-state index is 12.2. The van der Waals surface area contributed by atoms with E-state index in [-0.39, 0.29) is 11.9 Å². The molecule has 0 aromatic heterocycles. The summed E-state index contributed by atoms with van der Waals surface area (Å²) < 4.78 is 0. The summed E-state index contributed by atoms with van der Waals surface area (Å²) in [5, 5.41) is 3.27. The molecule has 1 aromatic carbocycles. The van der Waals surface area contributed by atoms with Crippen molar-refractivity contribution in [3.63, 3.8) is 0 Å². The SMILES string of the molecule is CN(Cc1ccc2c(c1)CCC2)C(=O)C1CCCN1. The first kappa shape index (κ1) is 12.7. The lowest BCUT2D eigenvalue weighted by atomic mass is 10.1. The Morgan fingerprint density at radius 3 is 2.95 bits per heavy atom. The van der Waals surface area contributed by atoms with Crippen molar-refractivity contribution < 1.29 is 4.79 Å². The summed E-state index contributed by atoms with van der Waals surface area (Å²) >= 11 is 0. The molecule has 102 valence electrons. The van der Waals surface area contributed by atoms with Gasteiger partial charge in [-0.25, -0.2) is 0 Å². The first-order valence-corrected chi connectivity index (χ1v) is 7.33. The van der Waals surface area contributed by atoms with Gasteiger partial charge in [0.2, 0.25) is 5.91 Å². The second-order valence-corrected chi connectivity index (χ2v) is 5.80. The molecule has 0 bridgehead atoms. The lowest BCUT2D eigenvalue weighted by Crippen LogP contribution is -2.41. The van der Waals surface area contributed by atoms with Crippen LogP contribution in [0.1, 0.15) is 36.0 Å². The van der Waals surface area contributed by atoms with Crippen molar-refractivity contribution in [1.29, 1.82) is 0 Å². The fraction of sp³-hybridized carbons (Fsp3) is 0.562. The van der Waals surface area contributed by atoms with Gasteiger partial charge in [0.1, 0.15) is 0 Å². The summed E-state index contributed by atoms with van der Waals surface area (Å²) in [6, 6.07) is 6.74. The van der Waals surface area contributed by atoms with Crippen LogP contribution in [0.2, 0.25) is 0 Å². The molecule has 3 heteroatoms. The van der Waals surface area contributed by atoms with Gasteiger partial charge in [0, 0.05) is 13.6 Å².